The molecule has 0 amide bonds. The van der Waals surface area contributed by atoms with Crippen LogP contribution in [-0.2, 0) is 0 Å². The van der Waals surface area contributed by atoms with E-state index in [9.17, 15) is 10.1 Å². The second-order valence-electron chi connectivity index (χ2n) is 2.30. The van der Waals surface area contributed by atoms with Crippen LogP contribution in [-0.4, -0.2) is 4.92 Å². The molecule has 0 bridgehead atoms. The standard InChI is InChI=1S/C9H6N2O2/c1-10-9-4-2-8(3-5-9)6-7-11(12)13/h2-7H/b7-6+. The van der Waals surface area contributed by atoms with Gasteiger partial charge in [-0.05, 0) is 5.56 Å². The minimum Gasteiger partial charge on any atom is -0.259 e. The predicted octanol–water partition coefficient (Wildman–Crippen LogP) is 2.48. The lowest BCUT2D eigenvalue weighted by Crippen LogP contribution is -1.81. The Kier molecular flexibility index (Phi) is 2.77. The fraction of sp³-hybridized carbons (Fsp3) is 0. The van der Waals surface area contributed by atoms with Crippen LogP contribution >= 0.6 is 0 Å². The highest BCUT2D eigenvalue weighted by Gasteiger charge is 1.91. The lowest BCUT2D eigenvalue weighted by molar-refractivity contribution is -0.400. The molecular weight excluding hydrogens is 168 g/mol. The van der Waals surface area contributed by atoms with Crippen molar-refractivity contribution in [1.29, 1.82) is 0 Å². The summed E-state index contributed by atoms with van der Waals surface area (Å²) in [4.78, 5) is 12.6. The zero-order chi connectivity index (χ0) is 9.68. The maximum atomic E-state index is 9.97. The molecule has 64 valence electrons. The van der Waals surface area contributed by atoms with Gasteiger partial charge in [0.1, 0.15) is 0 Å². The number of nitrogens with zero attached hydrogens (tertiary/aromatic N) is 2. The van der Waals surface area contributed by atoms with Gasteiger partial charge in [0.15, 0.2) is 5.69 Å². The van der Waals surface area contributed by atoms with Crippen molar-refractivity contribution in [1.82, 2.24) is 0 Å². The average Bonchev–Trinajstić information content (AvgIpc) is 2.15. The molecule has 13 heavy (non-hydrogen) atoms. The van der Waals surface area contributed by atoms with Gasteiger partial charge in [0, 0.05) is 6.08 Å². The van der Waals surface area contributed by atoms with Crippen molar-refractivity contribution in [3.05, 3.63) is 57.6 Å². The average molecular weight is 174 g/mol. The fourth-order valence-corrected chi connectivity index (χ4v) is 0.807. The molecule has 0 spiro atoms. The Labute approximate surface area is 75.1 Å². The molecule has 0 atom stereocenters. The van der Waals surface area contributed by atoms with E-state index in [1.54, 1.807) is 24.3 Å². The van der Waals surface area contributed by atoms with E-state index in [4.69, 9.17) is 6.57 Å². The molecule has 0 heterocycles. The molecular formula is C9H6N2O2. The molecule has 0 aliphatic carbocycles. The van der Waals surface area contributed by atoms with E-state index in [2.05, 4.69) is 4.85 Å². The molecule has 0 N–H and O–H groups in total. The minimum absolute atomic E-state index is 0.525. The molecule has 0 unspecified atom stereocenters. The Morgan fingerprint density at radius 2 is 2.00 bits per heavy atom. The van der Waals surface area contributed by atoms with Crippen LogP contribution in [0, 0.1) is 16.7 Å². The van der Waals surface area contributed by atoms with Crippen LogP contribution in [0.4, 0.5) is 5.69 Å². The Bertz CT molecular complexity index is 374. The van der Waals surface area contributed by atoms with Gasteiger partial charge in [0.05, 0.1) is 11.5 Å². The predicted molar refractivity (Wildman–Crippen MR) is 48.7 cm³/mol. The summed E-state index contributed by atoms with van der Waals surface area (Å²) in [5.41, 5.74) is 1.24. The van der Waals surface area contributed by atoms with Crippen molar-refractivity contribution in [3.8, 4) is 0 Å². The van der Waals surface area contributed by atoms with Gasteiger partial charge in [-0.2, -0.15) is 0 Å². The van der Waals surface area contributed by atoms with Crippen molar-refractivity contribution >= 4 is 11.8 Å². The van der Waals surface area contributed by atoms with Crippen LogP contribution in [0.3, 0.4) is 0 Å². The van der Waals surface area contributed by atoms with Gasteiger partial charge in [0.25, 0.3) is 0 Å². The maximum Gasteiger partial charge on any atom is 0.235 e. The summed E-state index contributed by atoms with van der Waals surface area (Å²) in [5.74, 6) is 0. The van der Waals surface area contributed by atoms with Crippen LogP contribution in [0.5, 0.6) is 0 Å². The smallest absolute Gasteiger partial charge is 0.235 e. The Morgan fingerprint density at radius 1 is 1.38 bits per heavy atom. The van der Waals surface area contributed by atoms with E-state index in [-0.39, 0.29) is 0 Å². The van der Waals surface area contributed by atoms with Crippen molar-refractivity contribution in [2.75, 3.05) is 0 Å². The summed E-state index contributed by atoms with van der Waals surface area (Å²) in [7, 11) is 0. The van der Waals surface area contributed by atoms with Crippen LogP contribution < -0.4 is 0 Å². The minimum atomic E-state index is -0.525. The highest BCUT2D eigenvalue weighted by molar-refractivity contribution is 5.54. The quantitative estimate of drug-likeness (QED) is 0.393. The molecule has 0 saturated carbocycles. The molecule has 0 radical (unpaired) electrons. The van der Waals surface area contributed by atoms with E-state index < -0.39 is 4.92 Å². The van der Waals surface area contributed by atoms with Crippen molar-refractivity contribution in [2.45, 2.75) is 0 Å². The van der Waals surface area contributed by atoms with Gasteiger partial charge >= 0.3 is 0 Å². The summed E-state index contributed by atoms with van der Waals surface area (Å²) in [6.45, 7) is 6.68. The summed E-state index contributed by atoms with van der Waals surface area (Å²) in [6, 6.07) is 6.56. The number of hydrogen-bond acceptors (Lipinski definition) is 2. The summed E-state index contributed by atoms with van der Waals surface area (Å²) in [5, 5.41) is 9.97. The van der Waals surface area contributed by atoms with Crippen LogP contribution in [0.1, 0.15) is 5.56 Å². The topological polar surface area (TPSA) is 47.5 Å². The van der Waals surface area contributed by atoms with Gasteiger partial charge in [-0.25, -0.2) is 4.85 Å². The van der Waals surface area contributed by atoms with E-state index in [0.29, 0.717) is 11.3 Å². The van der Waals surface area contributed by atoms with Crippen molar-refractivity contribution < 1.29 is 4.92 Å². The van der Waals surface area contributed by atoms with E-state index >= 15 is 0 Å². The zero-order valence-corrected chi connectivity index (χ0v) is 6.68. The zero-order valence-electron chi connectivity index (χ0n) is 6.68. The van der Waals surface area contributed by atoms with E-state index in [1.165, 1.54) is 6.08 Å². The first-order valence-electron chi connectivity index (χ1n) is 3.51. The molecule has 0 aliphatic rings. The largest absolute Gasteiger partial charge is 0.259 e. The van der Waals surface area contributed by atoms with E-state index in [0.717, 1.165) is 6.20 Å². The summed E-state index contributed by atoms with van der Waals surface area (Å²) < 4.78 is 0. The maximum absolute atomic E-state index is 9.97. The van der Waals surface area contributed by atoms with Crippen molar-refractivity contribution in [2.24, 2.45) is 0 Å². The number of hydrogen-bond donors (Lipinski definition) is 0. The van der Waals surface area contributed by atoms with Crippen molar-refractivity contribution in [3.63, 3.8) is 0 Å². The fourth-order valence-electron chi connectivity index (χ4n) is 0.807. The highest BCUT2D eigenvalue weighted by Crippen LogP contribution is 2.13. The third-order valence-corrected chi connectivity index (χ3v) is 1.41. The van der Waals surface area contributed by atoms with E-state index in [1.807, 2.05) is 0 Å². The Hall–Kier alpha value is -2.15. The number of rotatable bonds is 2. The molecule has 4 nitrogen and oxygen atoms in total. The second-order valence-corrected chi connectivity index (χ2v) is 2.30. The molecule has 1 aromatic rings. The second kappa shape index (κ2) is 4.02. The molecule has 4 heteroatoms. The summed E-state index contributed by atoms with van der Waals surface area (Å²) >= 11 is 0. The SMILES string of the molecule is [C-]#[N+]c1ccc(/C=C/[N+](=O)[O-])cc1. The van der Waals surface area contributed by atoms with Gasteiger partial charge in [-0.1, -0.05) is 24.3 Å². The van der Waals surface area contributed by atoms with Gasteiger partial charge in [-0.3, -0.25) is 10.1 Å². The molecule has 0 fully saturated rings. The highest BCUT2D eigenvalue weighted by atomic mass is 16.6. The third kappa shape index (κ3) is 2.75. The normalized spacial score (nSPS) is 9.77. The Morgan fingerprint density at radius 3 is 2.46 bits per heavy atom. The molecule has 0 aliphatic heterocycles. The van der Waals surface area contributed by atoms with Gasteiger partial charge in [0.2, 0.25) is 6.20 Å². The first-order chi connectivity index (χ1) is 6.22. The Balaban J connectivity index is 2.82. The first-order valence-corrected chi connectivity index (χ1v) is 3.51. The van der Waals surface area contributed by atoms with Crippen LogP contribution in [0.25, 0.3) is 10.9 Å². The lowest BCUT2D eigenvalue weighted by Gasteiger charge is -1.90. The monoisotopic (exact) mass is 174 g/mol. The molecule has 0 saturated heterocycles. The lowest BCUT2D eigenvalue weighted by atomic mass is 10.2. The third-order valence-electron chi connectivity index (χ3n) is 1.41. The first kappa shape index (κ1) is 8.94. The molecule has 0 aromatic heterocycles. The number of benzene rings is 1. The van der Waals surface area contributed by atoms with Crippen LogP contribution in [0.15, 0.2) is 30.5 Å². The molecule has 1 rings (SSSR count). The summed E-state index contributed by atoms with van der Waals surface area (Å²) in [6.07, 6.45) is 2.25. The van der Waals surface area contributed by atoms with Crippen LogP contribution in [0.2, 0.25) is 0 Å². The number of nitro groups is 1. The van der Waals surface area contributed by atoms with Gasteiger partial charge < -0.3 is 0 Å². The molecule has 1 aromatic carbocycles. The van der Waals surface area contributed by atoms with Gasteiger partial charge in [-0.15, -0.1) is 0 Å².